The Morgan fingerprint density at radius 3 is 2.21 bits per heavy atom. The maximum absolute atomic E-state index is 5.38. The van der Waals surface area contributed by atoms with E-state index in [1.54, 1.807) is 14.2 Å². The third-order valence-corrected chi connectivity index (χ3v) is 3.16. The minimum atomic E-state index is 0.188. The average Bonchev–Trinajstić information content (AvgIpc) is 2.34. The van der Waals surface area contributed by atoms with Crippen LogP contribution < -0.4 is 0 Å². The van der Waals surface area contributed by atoms with E-state index in [0.717, 1.165) is 37.9 Å². The van der Waals surface area contributed by atoms with Crippen LogP contribution in [0, 0.1) is 0 Å². The zero-order valence-electron chi connectivity index (χ0n) is 13.3. The van der Waals surface area contributed by atoms with Crippen LogP contribution in [0.15, 0.2) is 35.5 Å². The number of rotatable bonds is 10. The predicted octanol–water partition coefficient (Wildman–Crippen LogP) is 4.68. The van der Waals surface area contributed by atoms with E-state index in [-0.39, 0.29) is 6.10 Å². The highest BCUT2D eigenvalue weighted by Gasteiger charge is 2.05. The largest absolute Gasteiger partial charge is 0.380 e. The molecule has 2 nitrogen and oxygen atoms in total. The molecule has 0 aromatic rings. The third-order valence-electron chi connectivity index (χ3n) is 3.16. The van der Waals surface area contributed by atoms with Crippen LogP contribution in [0.5, 0.6) is 0 Å². The highest BCUT2D eigenvalue weighted by atomic mass is 16.5. The maximum atomic E-state index is 5.38. The molecule has 1 atom stereocenters. The molecular weight excluding hydrogens is 236 g/mol. The fraction of sp³-hybridized carbons (Fsp3) is 0.647. The van der Waals surface area contributed by atoms with Gasteiger partial charge in [0.1, 0.15) is 0 Å². The van der Waals surface area contributed by atoms with Crippen molar-refractivity contribution in [3.63, 3.8) is 0 Å². The van der Waals surface area contributed by atoms with Crippen LogP contribution in [-0.4, -0.2) is 26.9 Å². The van der Waals surface area contributed by atoms with Crippen LogP contribution in [0.2, 0.25) is 0 Å². The zero-order valence-corrected chi connectivity index (χ0v) is 13.3. The quantitative estimate of drug-likeness (QED) is 0.535. The minimum absolute atomic E-state index is 0.188. The molecule has 0 rings (SSSR count). The topological polar surface area (TPSA) is 18.5 Å². The van der Waals surface area contributed by atoms with Crippen molar-refractivity contribution in [3.05, 3.63) is 35.5 Å². The summed E-state index contributed by atoms with van der Waals surface area (Å²) in [5, 5.41) is 0. The molecule has 0 saturated heterocycles. The molecule has 0 aliphatic heterocycles. The first-order valence-electron chi connectivity index (χ1n) is 6.99. The molecule has 2 heteroatoms. The predicted molar refractivity (Wildman–Crippen MR) is 83.5 cm³/mol. The molecule has 0 fully saturated rings. The molecule has 0 aliphatic rings. The molecule has 0 bridgehead atoms. The average molecular weight is 266 g/mol. The first kappa shape index (κ1) is 18.1. The highest BCUT2D eigenvalue weighted by Crippen LogP contribution is 2.13. The number of hydrogen-bond donors (Lipinski definition) is 0. The van der Waals surface area contributed by atoms with Crippen LogP contribution in [0.4, 0.5) is 0 Å². The number of allylic oxidation sites excluding steroid dienone is 3. The summed E-state index contributed by atoms with van der Waals surface area (Å²) >= 11 is 0. The van der Waals surface area contributed by atoms with Gasteiger partial charge in [-0.15, -0.1) is 0 Å². The molecule has 0 aromatic carbocycles. The van der Waals surface area contributed by atoms with Gasteiger partial charge in [0.05, 0.1) is 12.7 Å². The summed E-state index contributed by atoms with van der Waals surface area (Å²) < 4.78 is 10.5. The van der Waals surface area contributed by atoms with Crippen molar-refractivity contribution in [3.8, 4) is 0 Å². The molecular formula is C17H30O2. The van der Waals surface area contributed by atoms with Crippen LogP contribution in [-0.2, 0) is 9.47 Å². The lowest BCUT2D eigenvalue weighted by Crippen LogP contribution is -2.10. The molecule has 19 heavy (non-hydrogen) atoms. The standard InChI is InChI=1S/C17H30O2/c1-14(2)17(19-6)12-8-10-15(3)9-7-11-16(4)13-18-5/h10-11,17H,1,7-9,12-13H2,2-6H3/b15-10-,16-11+. The van der Waals surface area contributed by atoms with Crippen LogP contribution >= 0.6 is 0 Å². The summed E-state index contributed by atoms with van der Waals surface area (Å²) in [7, 11) is 3.48. The molecule has 0 aliphatic carbocycles. The SMILES string of the molecule is C=C(C)C(CC/C=C(/C)CC/C=C(\C)COC)OC. The van der Waals surface area contributed by atoms with Crippen molar-refractivity contribution < 1.29 is 9.47 Å². The van der Waals surface area contributed by atoms with Crippen LogP contribution in [0.25, 0.3) is 0 Å². The van der Waals surface area contributed by atoms with Gasteiger partial charge in [0.2, 0.25) is 0 Å². The summed E-state index contributed by atoms with van der Waals surface area (Å²) in [5.74, 6) is 0. The van der Waals surface area contributed by atoms with Crippen molar-refractivity contribution >= 4 is 0 Å². The van der Waals surface area contributed by atoms with E-state index in [2.05, 4.69) is 32.6 Å². The normalized spacial score (nSPS) is 14.6. The van der Waals surface area contributed by atoms with E-state index in [0.29, 0.717) is 0 Å². The minimum Gasteiger partial charge on any atom is -0.380 e. The summed E-state index contributed by atoms with van der Waals surface area (Å²) in [4.78, 5) is 0. The van der Waals surface area contributed by atoms with Gasteiger partial charge in [-0.05, 0) is 46.5 Å². The molecule has 1 unspecified atom stereocenters. The first-order valence-corrected chi connectivity index (χ1v) is 6.99. The van der Waals surface area contributed by atoms with Crippen molar-refractivity contribution in [1.82, 2.24) is 0 Å². The fourth-order valence-corrected chi connectivity index (χ4v) is 1.98. The molecule has 0 spiro atoms. The molecule has 0 heterocycles. The van der Waals surface area contributed by atoms with Gasteiger partial charge in [0, 0.05) is 14.2 Å². The zero-order chi connectivity index (χ0) is 14.7. The number of hydrogen-bond acceptors (Lipinski definition) is 2. The Morgan fingerprint density at radius 2 is 1.68 bits per heavy atom. The number of ether oxygens (including phenoxy) is 2. The lowest BCUT2D eigenvalue weighted by Gasteiger charge is -2.13. The van der Waals surface area contributed by atoms with Gasteiger partial charge in [0.25, 0.3) is 0 Å². The Balaban J connectivity index is 3.95. The first-order chi connectivity index (χ1) is 9.01. The van der Waals surface area contributed by atoms with Gasteiger partial charge in [0.15, 0.2) is 0 Å². The van der Waals surface area contributed by atoms with Crippen molar-refractivity contribution in [2.24, 2.45) is 0 Å². The van der Waals surface area contributed by atoms with E-state index in [1.165, 1.54) is 11.1 Å². The van der Waals surface area contributed by atoms with Crippen molar-refractivity contribution in [1.29, 1.82) is 0 Å². The lowest BCUT2D eigenvalue weighted by molar-refractivity contribution is 0.125. The molecule has 0 aromatic heterocycles. The Morgan fingerprint density at radius 1 is 1.05 bits per heavy atom. The van der Waals surface area contributed by atoms with E-state index in [1.807, 2.05) is 6.92 Å². The van der Waals surface area contributed by atoms with Gasteiger partial charge in [-0.2, -0.15) is 0 Å². The fourth-order valence-electron chi connectivity index (χ4n) is 1.98. The second-order valence-corrected chi connectivity index (χ2v) is 5.22. The van der Waals surface area contributed by atoms with Crippen molar-refractivity contribution in [2.75, 3.05) is 20.8 Å². The smallest absolute Gasteiger partial charge is 0.0778 e. The second-order valence-electron chi connectivity index (χ2n) is 5.22. The molecule has 0 radical (unpaired) electrons. The summed E-state index contributed by atoms with van der Waals surface area (Å²) in [6, 6.07) is 0. The monoisotopic (exact) mass is 266 g/mol. The Bertz CT molecular complexity index is 313. The Labute approximate surface area is 119 Å². The van der Waals surface area contributed by atoms with Gasteiger partial charge >= 0.3 is 0 Å². The van der Waals surface area contributed by atoms with E-state index >= 15 is 0 Å². The second kappa shape index (κ2) is 11.0. The Hall–Kier alpha value is -0.860. The summed E-state index contributed by atoms with van der Waals surface area (Å²) in [5.41, 5.74) is 3.85. The molecule has 0 amide bonds. The van der Waals surface area contributed by atoms with Gasteiger partial charge in [-0.1, -0.05) is 35.5 Å². The number of methoxy groups -OCH3 is 2. The van der Waals surface area contributed by atoms with E-state index in [9.17, 15) is 0 Å². The Kier molecular flexibility index (Phi) is 10.5. The third kappa shape index (κ3) is 9.69. The maximum Gasteiger partial charge on any atom is 0.0778 e. The van der Waals surface area contributed by atoms with E-state index in [4.69, 9.17) is 9.47 Å². The molecule has 0 saturated carbocycles. The van der Waals surface area contributed by atoms with Crippen molar-refractivity contribution in [2.45, 2.75) is 52.6 Å². The molecule has 0 N–H and O–H groups in total. The van der Waals surface area contributed by atoms with Gasteiger partial charge in [-0.3, -0.25) is 0 Å². The molecule has 110 valence electrons. The van der Waals surface area contributed by atoms with Crippen LogP contribution in [0.1, 0.15) is 46.5 Å². The summed E-state index contributed by atoms with van der Waals surface area (Å²) in [6.07, 6.45) is 9.03. The summed E-state index contributed by atoms with van der Waals surface area (Å²) in [6.45, 7) is 11.0. The van der Waals surface area contributed by atoms with Crippen LogP contribution in [0.3, 0.4) is 0 Å². The van der Waals surface area contributed by atoms with E-state index < -0.39 is 0 Å². The lowest BCUT2D eigenvalue weighted by atomic mass is 10.0. The highest BCUT2D eigenvalue weighted by molar-refractivity contribution is 5.05. The van der Waals surface area contributed by atoms with Gasteiger partial charge in [-0.25, -0.2) is 0 Å². The van der Waals surface area contributed by atoms with Gasteiger partial charge < -0.3 is 9.47 Å².